The maximum absolute atomic E-state index is 9.58. The van der Waals surface area contributed by atoms with Gasteiger partial charge in [0, 0.05) is 5.69 Å². The van der Waals surface area contributed by atoms with E-state index in [2.05, 4.69) is 23.2 Å². The van der Waals surface area contributed by atoms with Crippen molar-refractivity contribution in [1.29, 1.82) is 15.8 Å². The van der Waals surface area contributed by atoms with Crippen molar-refractivity contribution < 1.29 is 0 Å². The van der Waals surface area contributed by atoms with Gasteiger partial charge in [-0.2, -0.15) is 15.8 Å². The molecule has 1 atom stereocenters. The second-order valence-electron chi connectivity index (χ2n) is 6.07. The summed E-state index contributed by atoms with van der Waals surface area (Å²) in [5.74, 6) is -0.574. The Hall–Kier alpha value is -3.16. The first-order valence-corrected chi connectivity index (χ1v) is 7.96. The van der Waals surface area contributed by atoms with Crippen LogP contribution in [0.4, 0.5) is 0 Å². The van der Waals surface area contributed by atoms with Crippen LogP contribution in [0.25, 0.3) is 0 Å². The molecule has 1 aliphatic carbocycles. The average Bonchev–Trinajstić information content (AvgIpc) is 2.63. The maximum atomic E-state index is 9.58. The van der Waals surface area contributed by atoms with Crippen molar-refractivity contribution in [1.82, 2.24) is 4.98 Å². The first-order valence-electron chi connectivity index (χ1n) is 7.96. The van der Waals surface area contributed by atoms with Gasteiger partial charge in [0.05, 0.1) is 23.4 Å². The Morgan fingerprint density at radius 3 is 2.42 bits per heavy atom. The standard InChI is InChI=1S/C20H16N4/c1-13-18-9-15(14-5-3-2-4-6-14)7-8-17(18)19(12-23)20(24-13)16(10-21)11-22/h2-6,15-16H,7-9H2,1H3/t15-/m1/s1. The second kappa shape index (κ2) is 6.53. The van der Waals surface area contributed by atoms with Crippen molar-refractivity contribution in [3.8, 4) is 18.2 Å². The first-order chi connectivity index (χ1) is 11.7. The number of hydrogen-bond acceptors (Lipinski definition) is 4. The van der Waals surface area contributed by atoms with E-state index in [1.54, 1.807) is 0 Å². The van der Waals surface area contributed by atoms with E-state index in [1.165, 1.54) is 5.56 Å². The summed E-state index contributed by atoms with van der Waals surface area (Å²) in [6.07, 6.45) is 2.58. The lowest BCUT2D eigenvalue weighted by atomic mass is 9.77. The van der Waals surface area contributed by atoms with E-state index in [4.69, 9.17) is 10.5 Å². The highest BCUT2D eigenvalue weighted by Gasteiger charge is 2.28. The highest BCUT2D eigenvalue weighted by atomic mass is 14.7. The molecule has 1 aromatic heterocycles. The summed E-state index contributed by atoms with van der Waals surface area (Å²) in [6.45, 7) is 1.91. The van der Waals surface area contributed by atoms with Crippen LogP contribution in [0.5, 0.6) is 0 Å². The van der Waals surface area contributed by atoms with Crippen LogP contribution in [0.3, 0.4) is 0 Å². The summed E-state index contributed by atoms with van der Waals surface area (Å²) in [5, 5.41) is 27.9. The molecule has 0 spiro atoms. The third-order valence-corrected chi connectivity index (χ3v) is 4.75. The minimum Gasteiger partial charge on any atom is -0.254 e. The van der Waals surface area contributed by atoms with Crippen molar-refractivity contribution in [3.05, 3.63) is 64.0 Å². The van der Waals surface area contributed by atoms with Crippen LogP contribution >= 0.6 is 0 Å². The van der Waals surface area contributed by atoms with Crippen LogP contribution in [0.15, 0.2) is 30.3 Å². The normalized spacial score (nSPS) is 15.9. The predicted octanol–water partition coefficient (Wildman–Crippen LogP) is 3.66. The molecule has 0 bridgehead atoms. The Bertz CT molecular complexity index is 880. The molecular formula is C20H16N4. The zero-order valence-electron chi connectivity index (χ0n) is 13.5. The molecule has 4 nitrogen and oxygen atoms in total. The first kappa shape index (κ1) is 15.7. The van der Waals surface area contributed by atoms with Crippen LogP contribution in [-0.2, 0) is 12.8 Å². The third kappa shape index (κ3) is 2.62. The molecule has 4 heteroatoms. The van der Waals surface area contributed by atoms with Gasteiger partial charge >= 0.3 is 0 Å². The molecule has 1 heterocycles. The molecule has 0 amide bonds. The summed E-state index contributed by atoms with van der Waals surface area (Å²) < 4.78 is 0. The summed E-state index contributed by atoms with van der Waals surface area (Å²) in [4.78, 5) is 4.46. The summed E-state index contributed by atoms with van der Waals surface area (Å²) >= 11 is 0. The average molecular weight is 312 g/mol. The van der Waals surface area contributed by atoms with Gasteiger partial charge in [0.1, 0.15) is 6.07 Å². The van der Waals surface area contributed by atoms with E-state index in [-0.39, 0.29) is 0 Å². The second-order valence-corrected chi connectivity index (χ2v) is 6.07. The van der Waals surface area contributed by atoms with E-state index < -0.39 is 5.92 Å². The lowest BCUT2D eigenvalue weighted by molar-refractivity contribution is 0.577. The molecule has 0 fully saturated rings. The number of rotatable bonds is 2. The van der Waals surface area contributed by atoms with Crippen LogP contribution in [0.1, 0.15) is 51.9 Å². The molecule has 2 aromatic rings. The number of fused-ring (bicyclic) bond motifs is 1. The summed E-state index contributed by atoms with van der Waals surface area (Å²) in [5.41, 5.74) is 4.95. The SMILES string of the molecule is Cc1nc(C(C#N)C#N)c(C#N)c2c1C[C@H](c1ccccc1)CC2. The molecule has 0 N–H and O–H groups in total. The van der Waals surface area contributed by atoms with Gasteiger partial charge in [-0.15, -0.1) is 0 Å². The quantitative estimate of drug-likeness (QED) is 0.847. The number of aromatic nitrogens is 1. The van der Waals surface area contributed by atoms with Crippen molar-refractivity contribution in [2.75, 3.05) is 0 Å². The van der Waals surface area contributed by atoms with Gasteiger partial charge in [0.25, 0.3) is 0 Å². The van der Waals surface area contributed by atoms with Crippen LogP contribution < -0.4 is 0 Å². The van der Waals surface area contributed by atoms with Crippen LogP contribution in [0, 0.1) is 40.9 Å². The number of aryl methyl sites for hydroxylation is 1. The minimum absolute atomic E-state index is 0.317. The van der Waals surface area contributed by atoms with E-state index in [9.17, 15) is 5.26 Å². The van der Waals surface area contributed by atoms with E-state index >= 15 is 0 Å². The molecule has 0 aliphatic heterocycles. The topological polar surface area (TPSA) is 84.3 Å². The Morgan fingerprint density at radius 1 is 1.08 bits per heavy atom. The summed E-state index contributed by atoms with van der Waals surface area (Å²) in [6, 6.07) is 16.4. The molecule has 1 aliphatic rings. The number of nitriles is 3. The Balaban J connectivity index is 2.07. The molecule has 0 saturated heterocycles. The summed E-state index contributed by atoms with van der Waals surface area (Å²) in [7, 11) is 0. The number of benzene rings is 1. The number of nitrogens with zero attached hydrogens (tertiary/aromatic N) is 4. The smallest absolute Gasteiger partial charge is 0.176 e. The highest BCUT2D eigenvalue weighted by Crippen LogP contribution is 2.37. The van der Waals surface area contributed by atoms with Gasteiger partial charge in [-0.3, -0.25) is 4.98 Å². The van der Waals surface area contributed by atoms with Gasteiger partial charge in [-0.25, -0.2) is 0 Å². The Labute approximate surface area is 141 Å². The lowest BCUT2D eigenvalue weighted by Crippen LogP contribution is -2.18. The third-order valence-electron chi connectivity index (χ3n) is 4.75. The molecule has 116 valence electrons. The van der Waals surface area contributed by atoms with Crippen molar-refractivity contribution in [2.45, 2.75) is 38.0 Å². The largest absolute Gasteiger partial charge is 0.254 e. The fraction of sp³-hybridized carbons (Fsp3) is 0.300. The predicted molar refractivity (Wildman–Crippen MR) is 88.9 cm³/mol. The van der Waals surface area contributed by atoms with Crippen molar-refractivity contribution in [3.63, 3.8) is 0 Å². The van der Waals surface area contributed by atoms with E-state index in [1.807, 2.05) is 37.3 Å². The molecule has 3 rings (SSSR count). The van der Waals surface area contributed by atoms with Gasteiger partial charge in [-0.05, 0) is 48.8 Å². The van der Waals surface area contributed by atoms with Crippen molar-refractivity contribution in [2.24, 2.45) is 0 Å². The number of pyridine rings is 1. The minimum atomic E-state index is -0.990. The fourth-order valence-electron chi connectivity index (χ4n) is 3.54. The Kier molecular flexibility index (Phi) is 4.28. The number of hydrogen-bond donors (Lipinski definition) is 0. The molecule has 0 radical (unpaired) electrons. The molecule has 0 unspecified atom stereocenters. The van der Waals surface area contributed by atoms with Gasteiger partial charge in [-0.1, -0.05) is 30.3 Å². The fourth-order valence-corrected chi connectivity index (χ4v) is 3.54. The molecular weight excluding hydrogens is 296 g/mol. The van der Waals surface area contributed by atoms with Crippen molar-refractivity contribution >= 4 is 0 Å². The van der Waals surface area contributed by atoms with Gasteiger partial charge in [0.15, 0.2) is 5.92 Å². The van der Waals surface area contributed by atoms with Gasteiger partial charge < -0.3 is 0 Å². The Morgan fingerprint density at radius 2 is 1.79 bits per heavy atom. The molecule has 1 aromatic carbocycles. The zero-order valence-corrected chi connectivity index (χ0v) is 13.5. The highest BCUT2D eigenvalue weighted by molar-refractivity contribution is 5.52. The van der Waals surface area contributed by atoms with Crippen LogP contribution in [0.2, 0.25) is 0 Å². The molecule has 24 heavy (non-hydrogen) atoms. The van der Waals surface area contributed by atoms with Gasteiger partial charge in [0.2, 0.25) is 0 Å². The zero-order chi connectivity index (χ0) is 17.1. The lowest BCUT2D eigenvalue weighted by Gasteiger charge is -2.27. The maximum Gasteiger partial charge on any atom is 0.176 e. The monoisotopic (exact) mass is 312 g/mol. The van der Waals surface area contributed by atoms with E-state index in [0.717, 1.165) is 36.1 Å². The van der Waals surface area contributed by atoms with Crippen LogP contribution in [-0.4, -0.2) is 4.98 Å². The molecule has 0 saturated carbocycles. The van der Waals surface area contributed by atoms with E-state index in [0.29, 0.717) is 17.2 Å².